The minimum Gasteiger partial charge on any atom is -0.479 e. The molecule has 0 saturated carbocycles. The van der Waals surface area contributed by atoms with E-state index in [9.17, 15) is 14.4 Å². The summed E-state index contributed by atoms with van der Waals surface area (Å²) < 4.78 is 4.35. The highest BCUT2D eigenvalue weighted by Crippen LogP contribution is 2.18. The molecular weight excluding hydrogens is 242 g/mol. The second-order valence-electron chi connectivity index (χ2n) is 3.31. The molecule has 0 amide bonds. The number of carboxylic acid groups (broad SMARTS) is 1. The van der Waals surface area contributed by atoms with Crippen molar-refractivity contribution in [2.75, 3.05) is 6.54 Å². The van der Waals surface area contributed by atoms with Crippen LogP contribution < -0.4 is 5.73 Å². The molecule has 7 heteroatoms. The molecular formula is C11H11NO6. The SMILES string of the molecule is NCC(O)C(=O)O.O=C1OC(=O)c2ccccc21. The van der Waals surface area contributed by atoms with Gasteiger partial charge in [-0.3, -0.25) is 0 Å². The van der Waals surface area contributed by atoms with Crippen molar-refractivity contribution in [1.82, 2.24) is 0 Å². The number of benzene rings is 1. The molecule has 0 aliphatic carbocycles. The molecule has 2 rings (SSSR count). The van der Waals surface area contributed by atoms with Crippen LogP contribution in [0.2, 0.25) is 0 Å². The zero-order chi connectivity index (χ0) is 13.7. The fourth-order valence-corrected chi connectivity index (χ4v) is 1.13. The Morgan fingerprint density at radius 2 is 1.67 bits per heavy atom. The predicted octanol–water partition coefficient (Wildman–Crippen LogP) is -0.612. The van der Waals surface area contributed by atoms with Gasteiger partial charge in [0.25, 0.3) is 0 Å². The highest BCUT2D eigenvalue weighted by atomic mass is 16.6. The monoisotopic (exact) mass is 253 g/mol. The Morgan fingerprint density at radius 1 is 1.22 bits per heavy atom. The Morgan fingerprint density at radius 3 is 1.94 bits per heavy atom. The zero-order valence-electron chi connectivity index (χ0n) is 9.20. The summed E-state index contributed by atoms with van der Waals surface area (Å²) in [5.74, 6) is -2.38. The van der Waals surface area contributed by atoms with Gasteiger partial charge in [0.15, 0.2) is 6.10 Å². The maximum atomic E-state index is 10.8. The summed E-state index contributed by atoms with van der Waals surface area (Å²) in [6.45, 7) is -0.227. The molecule has 96 valence electrons. The number of carboxylic acids is 1. The molecule has 1 aromatic carbocycles. The van der Waals surface area contributed by atoms with Gasteiger partial charge in [0.2, 0.25) is 0 Å². The minimum atomic E-state index is -1.40. The first-order valence-corrected chi connectivity index (χ1v) is 4.93. The number of aliphatic hydroxyl groups excluding tert-OH is 1. The van der Waals surface area contributed by atoms with E-state index in [0.717, 1.165) is 0 Å². The Bertz CT molecular complexity index is 451. The zero-order valence-corrected chi connectivity index (χ0v) is 9.20. The van der Waals surface area contributed by atoms with Crippen LogP contribution in [0.5, 0.6) is 0 Å². The molecule has 1 heterocycles. The average Bonchev–Trinajstić information content (AvgIpc) is 2.65. The smallest absolute Gasteiger partial charge is 0.346 e. The van der Waals surface area contributed by atoms with Gasteiger partial charge in [-0.1, -0.05) is 12.1 Å². The third-order valence-corrected chi connectivity index (χ3v) is 2.06. The molecule has 0 saturated heterocycles. The van der Waals surface area contributed by atoms with Crippen LogP contribution in [0.3, 0.4) is 0 Å². The summed E-state index contributed by atoms with van der Waals surface area (Å²) >= 11 is 0. The second-order valence-corrected chi connectivity index (χ2v) is 3.31. The number of nitrogens with two attached hydrogens (primary N) is 1. The molecule has 4 N–H and O–H groups in total. The number of carbonyl (C=O) groups excluding carboxylic acids is 2. The standard InChI is InChI=1S/C8H4O3.C3H7NO3/c9-7-5-3-1-2-4-6(5)8(10)11-7;4-1-2(5)3(6)7/h1-4H;2,5H,1,4H2,(H,6,7). The van der Waals surface area contributed by atoms with Crippen LogP contribution in [-0.2, 0) is 9.53 Å². The van der Waals surface area contributed by atoms with Gasteiger partial charge in [0.05, 0.1) is 11.1 Å². The fourth-order valence-electron chi connectivity index (χ4n) is 1.13. The van der Waals surface area contributed by atoms with Gasteiger partial charge >= 0.3 is 17.9 Å². The third kappa shape index (κ3) is 3.12. The lowest BCUT2D eigenvalue weighted by molar-refractivity contribution is -0.145. The van der Waals surface area contributed by atoms with E-state index in [1.807, 2.05) is 0 Å². The molecule has 1 atom stereocenters. The first-order chi connectivity index (χ1) is 8.47. The summed E-state index contributed by atoms with van der Waals surface area (Å²) in [6.07, 6.45) is -1.40. The maximum Gasteiger partial charge on any atom is 0.346 e. The Balaban J connectivity index is 0.000000203. The van der Waals surface area contributed by atoms with E-state index in [0.29, 0.717) is 11.1 Å². The molecule has 1 aliphatic heterocycles. The van der Waals surface area contributed by atoms with Gasteiger partial charge in [0, 0.05) is 6.54 Å². The molecule has 0 radical (unpaired) electrons. The molecule has 1 unspecified atom stereocenters. The van der Waals surface area contributed by atoms with Crippen molar-refractivity contribution < 1.29 is 29.3 Å². The van der Waals surface area contributed by atoms with Crippen LogP contribution in [0.25, 0.3) is 0 Å². The lowest BCUT2D eigenvalue weighted by Crippen LogP contribution is -2.28. The quantitative estimate of drug-likeness (QED) is 0.473. The Labute approximate surface area is 102 Å². The van der Waals surface area contributed by atoms with Crippen LogP contribution in [-0.4, -0.2) is 40.8 Å². The number of esters is 2. The Hall–Kier alpha value is -2.25. The van der Waals surface area contributed by atoms with Gasteiger partial charge in [0.1, 0.15) is 0 Å². The second kappa shape index (κ2) is 5.89. The van der Waals surface area contributed by atoms with Gasteiger partial charge in [-0.2, -0.15) is 0 Å². The number of fused-ring (bicyclic) bond motifs is 1. The van der Waals surface area contributed by atoms with Crippen molar-refractivity contribution >= 4 is 17.9 Å². The molecule has 0 fully saturated rings. The number of hydrogen-bond donors (Lipinski definition) is 3. The van der Waals surface area contributed by atoms with Crippen molar-refractivity contribution in [1.29, 1.82) is 0 Å². The number of aliphatic carboxylic acids is 1. The van der Waals surface area contributed by atoms with Gasteiger partial charge in [-0.25, -0.2) is 14.4 Å². The molecule has 1 aromatic rings. The first kappa shape index (κ1) is 13.8. The number of ether oxygens (including phenoxy) is 1. The highest BCUT2D eigenvalue weighted by Gasteiger charge is 2.28. The van der Waals surface area contributed by atoms with Crippen molar-refractivity contribution in [3.05, 3.63) is 35.4 Å². The minimum absolute atomic E-state index is 0.227. The van der Waals surface area contributed by atoms with E-state index >= 15 is 0 Å². The van der Waals surface area contributed by atoms with E-state index in [4.69, 9.17) is 15.9 Å². The number of cyclic esters (lactones) is 2. The largest absolute Gasteiger partial charge is 0.479 e. The van der Waals surface area contributed by atoms with Crippen LogP contribution in [0.1, 0.15) is 20.7 Å². The van der Waals surface area contributed by atoms with E-state index < -0.39 is 24.0 Å². The summed E-state index contributed by atoms with van der Waals surface area (Å²) in [5, 5.41) is 16.1. The van der Waals surface area contributed by atoms with Crippen molar-refractivity contribution in [2.45, 2.75) is 6.10 Å². The topological polar surface area (TPSA) is 127 Å². The van der Waals surface area contributed by atoms with E-state index in [-0.39, 0.29) is 6.54 Å². The van der Waals surface area contributed by atoms with Crippen LogP contribution in [0, 0.1) is 0 Å². The van der Waals surface area contributed by atoms with Gasteiger partial charge in [-0.15, -0.1) is 0 Å². The van der Waals surface area contributed by atoms with Crippen LogP contribution in [0.4, 0.5) is 0 Å². The summed E-state index contributed by atoms with van der Waals surface area (Å²) in [5.41, 5.74) is 5.46. The summed E-state index contributed by atoms with van der Waals surface area (Å²) in [4.78, 5) is 31.3. The van der Waals surface area contributed by atoms with Crippen LogP contribution >= 0.6 is 0 Å². The first-order valence-electron chi connectivity index (χ1n) is 4.93. The van der Waals surface area contributed by atoms with Crippen molar-refractivity contribution in [3.8, 4) is 0 Å². The lowest BCUT2D eigenvalue weighted by atomic mass is 10.1. The fraction of sp³-hybridized carbons (Fsp3) is 0.182. The molecule has 0 spiro atoms. The van der Waals surface area contributed by atoms with Crippen molar-refractivity contribution in [2.24, 2.45) is 5.73 Å². The van der Waals surface area contributed by atoms with E-state index in [2.05, 4.69) is 4.74 Å². The van der Waals surface area contributed by atoms with Gasteiger partial charge in [-0.05, 0) is 12.1 Å². The lowest BCUT2D eigenvalue weighted by Gasteiger charge is -1.96. The van der Waals surface area contributed by atoms with E-state index in [1.54, 1.807) is 24.3 Å². The molecule has 7 nitrogen and oxygen atoms in total. The number of hydrogen-bond acceptors (Lipinski definition) is 6. The number of rotatable bonds is 2. The summed E-state index contributed by atoms with van der Waals surface area (Å²) in [7, 11) is 0. The highest BCUT2D eigenvalue weighted by molar-refractivity contribution is 6.14. The molecule has 18 heavy (non-hydrogen) atoms. The summed E-state index contributed by atoms with van der Waals surface area (Å²) in [6, 6.07) is 6.53. The van der Waals surface area contributed by atoms with E-state index in [1.165, 1.54) is 0 Å². The van der Waals surface area contributed by atoms with Crippen LogP contribution in [0.15, 0.2) is 24.3 Å². The number of carbonyl (C=O) groups is 3. The molecule has 0 bridgehead atoms. The molecule has 1 aliphatic rings. The third-order valence-electron chi connectivity index (χ3n) is 2.06. The normalized spacial score (nSPS) is 14.1. The van der Waals surface area contributed by atoms with Gasteiger partial charge < -0.3 is 20.7 Å². The Kier molecular flexibility index (Phi) is 4.52. The average molecular weight is 253 g/mol. The number of aliphatic hydroxyl groups is 1. The molecule has 0 aromatic heterocycles. The van der Waals surface area contributed by atoms with Crippen molar-refractivity contribution in [3.63, 3.8) is 0 Å². The predicted molar refractivity (Wildman–Crippen MR) is 58.9 cm³/mol. The maximum absolute atomic E-state index is 10.8.